The Hall–Kier alpha value is -1.59. The SMILES string of the molecule is Cc1cccc(CN2CCC(NC(=O)NCC(C)(O)C(C)C)CC2)c1. The highest BCUT2D eigenvalue weighted by Gasteiger charge is 2.26. The van der Waals surface area contributed by atoms with Crippen LogP contribution in [0, 0.1) is 12.8 Å². The first-order chi connectivity index (χ1) is 11.8. The number of aryl methyl sites for hydroxylation is 1. The van der Waals surface area contributed by atoms with E-state index < -0.39 is 5.60 Å². The number of nitrogens with zero attached hydrogens (tertiary/aromatic N) is 1. The Morgan fingerprint density at radius 3 is 2.64 bits per heavy atom. The second-order valence-electron chi connectivity index (χ2n) is 7.88. The average molecular weight is 348 g/mol. The van der Waals surface area contributed by atoms with Crippen molar-refractivity contribution >= 4 is 6.03 Å². The van der Waals surface area contributed by atoms with Crippen molar-refractivity contribution in [3.8, 4) is 0 Å². The maximum absolute atomic E-state index is 12.0. The molecule has 5 nitrogen and oxygen atoms in total. The van der Waals surface area contributed by atoms with E-state index in [4.69, 9.17) is 0 Å². The first-order valence-electron chi connectivity index (χ1n) is 9.31. The zero-order valence-electron chi connectivity index (χ0n) is 16.0. The van der Waals surface area contributed by atoms with Gasteiger partial charge in [0.15, 0.2) is 0 Å². The van der Waals surface area contributed by atoms with Crippen LogP contribution >= 0.6 is 0 Å². The van der Waals surface area contributed by atoms with Crippen molar-refractivity contribution in [2.24, 2.45) is 5.92 Å². The van der Waals surface area contributed by atoms with Gasteiger partial charge in [-0.2, -0.15) is 0 Å². The molecule has 0 aromatic heterocycles. The zero-order valence-corrected chi connectivity index (χ0v) is 16.0. The molecule has 2 amide bonds. The van der Waals surface area contributed by atoms with Gasteiger partial charge in [0, 0.05) is 32.2 Å². The summed E-state index contributed by atoms with van der Waals surface area (Å²) in [5, 5.41) is 16.0. The summed E-state index contributed by atoms with van der Waals surface area (Å²) in [5.74, 6) is 0.0951. The zero-order chi connectivity index (χ0) is 18.4. The van der Waals surface area contributed by atoms with E-state index in [1.807, 2.05) is 13.8 Å². The molecule has 1 fully saturated rings. The van der Waals surface area contributed by atoms with Crippen LogP contribution in [0.2, 0.25) is 0 Å². The molecule has 0 saturated carbocycles. The summed E-state index contributed by atoms with van der Waals surface area (Å²) in [4.78, 5) is 14.5. The van der Waals surface area contributed by atoms with Crippen LogP contribution < -0.4 is 10.6 Å². The average Bonchev–Trinajstić information content (AvgIpc) is 2.55. The van der Waals surface area contributed by atoms with E-state index >= 15 is 0 Å². The van der Waals surface area contributed by atoms with Gasteiger partial charge in [0.1, 0.15) is 0 Å². The Labute approximate surface area is 151 Å². The molecule has 0 aliphatic carbocycles. The quantitative estimate of drug-likeness (QED) is 0.741. The van der Waals surface area contributed by atoms with E-state index in [1.165, 1.54) is 11.1 Å². The third kappa shape index (κ3) is 6.33. The lowest BCUT2D eigenvalue weighted by molar-refractivity contribution is 0.0164. The number of carbonyl (C=O) groups excluding carboxylic acids is 1. The molecule has 1 aromatic carbocycles. The lowest BCUT2D eigenvalue weighted by atomic mass is 9.93. The third-order valence-electron chi connectivity index (χ3n) is 5.26. The predicted octanol–water partition coefficient (Wildman–Crippen LogP) is 2.67. The summed E-state index contributed by atoms with van der Waals surface area (Å²) in [6, 6.07) is 8.66. The fraction of sp³-hybridized carbons (Fsp3) is 0.650. The molecule has 2 rings (SSSR count). The summed E-state index contributed by atoms with van der Waals surface area (Å²) >= 11 is 0. The first-order valence-corrected chi connectivity index (χ1v) is 9.31. The van der Waals surface area contributed by atoms with Gasteiger partial charge in [0.25, 0.3) is 0 Å². The first kappa shape index (κ1) is 19.7. The molecular formula is C20H33N3O2. The lowest BCUT2D eigenvalue weighted by Gasteiger charge is -2.33. The largest absolute Gasteiger partial charge is 0.388 e. The van der Waals surface area contributed by atoms with Gasteiger partial charge in [-0.15, -0.1) is 0 Å². The Bertz CT molecular complexity index is 564. The number of amides is 2. The van der Waals surface area contributed by atoms with Gasteiger partial charge < -0.3 is 15.7 Å². The van der Waals surface area contributed by atoms with Crippen LogP contribution in [0.25, 0.3) is 0 Å². The van der Waals surface area contributed by atoms with Crippen molar-refractivity contribution in [1.29, 1.82) is 0 Å². The van der Waals surface area contributed by atoms with Crippen molar-refractivity contribution < 1.29 is 9.90 Å². The topological polar surface area (TPSA) is 64.6 Å². The number of hydrogen-bond donors (Lipinski definition) is 3. The number of rotatable bonds is 6. The maximum Gasteiger partial charge on any atom is 0.315 e. The molecule has 1 heterocycles. The van der Waals surface area contributed by atoms with Gasteiger partial charge in [0.05, 0.1) is 5.60 Å². The number of piperidine rings is 1. The highest BCUT2D eigenvalue weighted by Crippen LogP contribution is 2.16. The molecule has 1 aliphatic rings. The molecule has 1 saturated heterocycles. The highest BCUT2D eigenvalue weighted by molar-refractivity contribution is 5.74. The lowest BCUT2D eigenvalue weighted by Crippen LogP contribution is -2.51. The van der Waals surface area contributed by atoms with E-state index in [0.717, 1.165) is 32.5 Å². The van der Waals surface area contributed by atoms with E-state index in [9.17, 15) is 9.90 Å². The second kappa shape index (κ2) is 8.68. The van der Waals surface area contributed by atoms with Crippen LogP contribution in [0.5, 0.6) is 0 Å². The summed E-state index contributed by atoms with van der Waals surface area (Å²) in [6.45, 7) is 11.0. The molecule has 25 heavy (non-hydrogen) atoms. The fourth-order valence-corrected chi connectivity index (χ4v) is 3.00. The van der Waals surface area contributed by atoms with Crippen LogP contribution in [0.15, 0.2) is 24.3 Å². The molecule has 0 bridgehead atoms. The van der Waals surface area contributed by atoms with Gasteiger partial charge in [0.2, 0.25) is 0 Å². The molecule has 0 spiro atoms. The Morgan fingerprint density at radius 2 is 2.04 bits per heavy atom. The summed E-state index contributed by atoms with van der Waals surface area (Å²) in [5.41, 5.74) is 1.76. The normalized spacial score (nSPS) is 18.8. The predicted molar refractivity (Wildman–Crippen MR) is 101 cm³/mol. The molecule has 5 heteroatoms. The standard InChI is InChI=1S/C20H33N3O2/c1-15(2)20(4,25)14-21-19(24)22-18-8-10-23(11-9-18)13-17-7-5-6-16(3)12-17/h5-7,12,15,18,25H,8-11,13-14H2,1-4H3,(H2,21,22,24). The van der Waals surface area contributed by atoms with Crippen LogP contribution in [-0.2, 0) is 6.54 Å². The number of hydrogen-bond acceptors (Lipinski definition) is 3. The van der Waals surface area contributed by atoms with Crippen LogP contribution in [-0.4, -0.2) is 47.3 Å². The fourth-order valence-electron chi connectivity index (χ4n) is 3.00. The number of aliphatic hydroxyl groups is 1. The van der Waals surface area contributed by atoms with E-state index in [-0.39, 0.29) is 24.5 Å². The summed E-state index contributed by atoms with van der Waals surface area (Å²) < 4.78 is 0. The van der Waals surface area contributed by atoms with Crippen LogP contribution in [0.1, 0.15) is 44.7 Å². The monoisotopic (exact) mass is 347 g/mol. The number of benzene rings is 1. The molecule has 0 radical (unpaired) electrons. The van der Waals surface area contributed by atoms with E-state index in [2.05, 4.69) is 46.7 Å². The minimum Gasteiger partial charge on any atom is -0.388 e. The molecule has 3 N–H and O–H groups in total. The smallest absolute Gasteiger partial charge is 0.315 e. The van der Waals surface area contributed by atoms with Gasteiger partial charge in [-0.3, -0.25) is 4.90 Å². The van der Waals surface area contributed by atoms with Gasteiger partial charge in [-0.05, 0) is 38.2 Å². The minimum absolute atomic E-state index is 0.0951. The Balaban J connectivity index is 1.70. The van der Waals surface area contributed by atoms with E-state index in [0.29, 0.717) is 0 Å². The van der Waals surface area contributed by atoms with Crippen molar-refractivity contribution in [2.45, 2.75) is 58.7 Å². The third-order valence-corrected chi connectivity index (χ3v) is 5.26. The number of carbonyl (C=O) groups is 1. The molecule has 1 aromatic rings. The number of urea groups is 1. The summed E-state index contributed by atoms with van der Waals surface area (Å²) in [7, 11) is 0. The molecular weight excluding hydrogens is 314 g/mol. The highest BCUT2D eigenvalue weighted by atomic mass is 16.3. The molecule has 1 atom stereocenters. The van der Waals surface area contributed by atoms with Crippen LogP contribution in [0.3, 0.4) is 0 Å². The van der Waals surface area contributed by atoms with Crippen LogP contribution in [0.4, 0.5) is 4.79 Å². The number of nitrogens with one attached hydrogen (secondary N) is 2. The molecule has 1 unspecified atom stereocenters. The number of likely N-dealkylation sites (tertiary alicyclic amines) is 1. The van der Waals surface area contributed by atoms with Crippen molar-refractivity contribution in [3.63, 3.8) is 0 Å². The minimum atomic E-state index is -0.880. The second-order valence-corrected chi connectivity index (χ2v) is 7.88. The molecule has 1 aliphatic heterocycles. The summed E-state index contributed by atoms with van der Waals surface area (Å²) in [6.07, 6.45) is 1.92. The Kier molecular flexibility index (Phi) is 6.85. The maximum atomic E-state index is 12.0. The van der Waals surface area contributed by atoms with Gasteiger partial charge >= 0.3 is 6.03 Å². The van der Waals surface area contributed by atoms with Crippen molar-refractivity contribution in [3.05, 3.63) is 35.4 Å². The van der Waals surface area contributed by atoms with Crippen molar-refractivity contribution in [2.75, 3.05) is 19.6 Å². The van der Waals surface area contributed by atoms with E-state index in [1.54, 1.807) is 6.92 Å². The molecule has 140 valence electrons. The van der Waals surface area contributed by atoms with Gasteiger partial charge in [-0.1, -0.05) is 43.7 Å². The Morgan fingerprint density at radius 1 is 1.36 bits per heavy atom. The van der Waals surface area contributed by atoms with Gasteiger partial charge in [-0.25, -0.2) is 4.79 Å². The van der Waals surface area contributed by atoms with Crippen molar-refractivity contribution in [1.82, 2.24) is 15.5 Å².